The van der Waals surface area contributed by atoms with E-state index in [9.17, 15) is 0 Å². The highest BCUT2D eigenvalue weighted by molar-refractivity contribution is 7.80. The molecule has 2 nitrogen and oxygen atoms in total. The highest BCUT2D eigenvalue weighted by Crippen LogP contribution is 2.36. The third-order valence-corrected chi connectivity index (χ3v) is 4.26. The summed E-state index contributed by atoms with van der Waals surface area (Å²) < 4.78 is 11.3. The SMILES string of the molecule is CC(C)OCCOCC1(CS)CCCCCC1. The van der Waals surface area contributed by atoms with Gasteiger partial charge in [-0.05, 0) is 32.4 Å². The minimum atomic E-state index is 0.301. The summed E-state index contributed by atoms with van der Waals surface area (Å²) in [5.74, 6) is 0.956. The van der Waals surface area contributed by atoms with Crippen molar-refractivity contribution < 1.29 is 9.47 Å². The molecule has 1 rings (SSSR count). The number of ether oxygens (including phenoxy) is 2. The number of rotatable bonds is 7. The zero-order valence-corrected chi connectivity index (χ0v) is 12.3. The van der Waals surface area contributed by atoms with E-state index < -0.39 is 0 Å². The van der Waals surface area contributed by atoms with Crippen molar-refractivity contribution in [2.45, 2.75) is 58.5 Å². The Balaban J connectivity index is 2.20. The summed E-state index contributed by atoms with van der Waals surface area (Å²) in [5, 5.41) is 0. The van der Waals surface area contributed by atoms with Crippen LogP contribution in [0.4, 0.5) is 0 Å². The molecular weight excluding hydrogens is 232 g/mol. The predicted octanol–water partition coefficient (Wildman–Crippen LogP) is 3.70. The highest BCUT2D eigenvalue weighted by Gasteiger charge is 2.29. The third kappa shape index (κ3) is 6.12. The van der Waals surface area contributed by atoms with Crippen LogP contribution in [0, 0.1) is 5.41 Å². The van der Waals surface area contributed by atoms with Gasteiger partial charge in [0.05, 0.1) is 25.9 Å². The maximum atomic E-state index is 5.80. The smallest absolute Gasteiger partial charge is 0.0703 e. The van der Waals surface area contributed by atoms with E-state index in [2.05, 4.69) is 26.5 Å². The molecule has 1 saturated carbocycles. The zero-order chi connectivity index (χ0) is 12.6. The molecule has 0 bridgehead atoms. The van der Waals surface area contributed by atoms with Crippen molar-refractivity contribution in [3.8, 4) is 0 Å². The molecule has 1 fully saturated rings. The minimum Gasteiger partial charge on any atom is -0.378 e. The molecule has 17 heavy (non-hydrogen) atoms. The topological polar surface area (TPSA) is 18.5 Å². The predicted molar refractivity (Wildman–Crippen MR) is 75.9 cm³/mol. The molecule has 0 aliphatic heterocycles. The molecule has 0 saturated heterocycles. The summed E-state index contributed by atoms with van der Waals surface area (Å²) in [6.45, 7) is 6.40. The molecule has 0 aromatic heterocycles. The second-order valence-electron chi connectivity index (χ2n) is 5.54. The molecule has 1 aliphatic carbocycles. The third-order valence-electron chi connectivity index (χ3n) is 3.59. The molecular formula is C14H28O2S. The maximum absolute atomic E-state index is 5.80. The Kier molecular flexibility index (Phi) is 7.56. The number of hydrogen-bond donors (Lipinski definition) is 1. The van der Waals surface area contributed by atoms with Crippen LogP contribution in [-0.4, -0.2) is 31.7 Å². The summed E-state index contributed by atoms with van der Waals surface area (Å²) in [4.78, 5) is 0. The summed E-state index contributed by atoms with van der Waals surface area (Å²) >= 11 is 4.54. The van der Waals surface area contributed by atoms with Crippen molar-refractivity contribution in [3.63, 3.8) is 0 Å². The molecule has 0 aromatic carbocycles. The lowest BCUT2D eigenvalue weighted by atomic mass is 9.83. The second kappa shape index (κ2) is 8.39. The fourth-order valence-corrected chi connectivity index (χ4v) is 2.87. The summed E-state index contributed by atoms with van der Waals surface area (Å²) in [5.41, 5.74) is 0.331. The summed E-state index contributed by atoms with van der Waals surface area (Å²) in [7, 11) is 0. The Morgan fingerprint density at radius 3 is 2.24 bits per heavy atom. The molecule has 0 heterocycles. The van der Waals surface area contributed by atoms with Crippen molar-refractivity contribution in [2.75, 3.05) is 25.6 Å². The Labute approximate surface area is 112 Å². The van der Waals surface area contributed by atoms with E-state index in [1.54, 1.807) is 0 Å². The van der Waals surface area contributed by atoms with Crippen molar-refractivity contribution in [1.82, 2.24) is 0 Å². The standard InChI is InChI=1S/C14H28O2S/c1-13(2)16-10-9-15-11-14(12-17)7-5-3-4-6-8-14/h13,17H,3-12H2,1-2H3. The van der Waals surface area contributed by atoms with Gasteiger partial charge >= 0.3 is 0 Å². The van der Waals surface area contributed by atoms with Crippen molar-refractivity contribution in [3.05, 3.63) is 0 Å². The molecule has 0 radical (unpaired) electrons. The van der Waals surface area contributed by atoms with Gasteiger partial charge in [-0.25, -0.2) is 0 Å². The van der Waals surface area contributed by atoms with E-state index >= 15 is 0 Å². The van der Waals surface area contributed by atoms with Crippen LogP contribution in [0.1, 0.15) is 52.4 Å². The van der Waals surface area contributed by atoms with Crippen LogP contribution in [-0.2, 0) is 9.47 Å². The first kappa shape index (κ1) is 15.3. The first-order chi connectivity index (χ1) is 8.18. The fourth-order valence-electron chi connectivity index (χ4n) is 2.46. The molecule has 102 valence electrons. The van der Waals surface area contributed by atoms with Gasteiger partial charge in [0, 0.05) is 5.41 Å². The Bertz CT molecular complexity index is 187. The fraction of sp³-hybridized carbons (Fsp3) is 1.00. The molecule has 0 unspecified atom stereocenters. The van der Waals surface area contributed by atoms with E-state index in [-0.39, 0.29) is 0 Å². The molecule has 0 spiro atoms. The zero-order valence-electron chi connectivity index (χ0n) is 11.4. The van der Waals surface area contributed by atoms with Gasteiger partial charge in [-0.3, -0.25) is 0 Å². The molecule has 0 aromatic rings. The van der Waals surface area contributed by atoms with Gasteiger partial charge in [0.25, 0.3) is 0 Å². The van der Waals surface area contributed by atoms with Gasteiger partial charge in [0.1, 0.15) is 0 Å². The lowest BCUT2D eigenvalue weighted by Crippen LogP contribution is -2.29. The van der Waals surface area contributed by atoms with Crippen molar-refractivity contribution >= 4 is 12.6 Å². The molecule has 0 atom stereocenters. The monoisotopic (exact) mass is 260 g/mol. The van der Waals surface area contributed by atoms with Crippen LogP contribution < -0.4 is 0 Å². The van der Waals surface area contributed by atoms with Crippen LogP contribution in [0.25, 0.3) is 0 Å². The number of hydrogen-bond acceptors (Lipinski definition) is 3. The van der Waals surface area contributed by atoms with Gasteiger partial charge < -0.3 is 9.47 Å². The normalized spacial score (nSPS) is 20.5. The largest absolute Gasteiger partial charge is 0.378 e. The summed E-state index contributed by atoms with van der Waals surface area (Å²) in [6.07, 6.45) is 8.30. The van der Waals surface area contributed by atoms with Gasteiger partial charge in [-0.2, -0.15) is 12.6 Å². The average Bonchev–Trinajstić information content (AvgIpc) is 2.54. The lowest BCUT2D eigenvalue weighted by molar-refractivity contribution is -0.00927. The minimum absolute atomic E-state index is 0.301. The molecule has 3 heteroatoms. The van der Waals surface area contributed by atoms with E-state index in [0.717, 1.165) is 12.4 Å². The summed E-state index contributed by atoms with van der Waals surface area (Å²) in [6, 6.07) is 0. The van der Waals surface area contributed by atoms with E-state index in [1.165, 1.54) is 38.5 Å². The molecule has 0 amide bonds. The lowest BCUT2D eigenvalue weighted by Gasteiger charge is -2.30. The van der Waals surface area contributed by atoms with Gasteiger partial charge in [0.2, 0.25) is 0 Å². The molecule has 0 N–H and O–H groups in total. The Morgan fingerprint density at radius 1 is 1.06 bits per heavy atom. The van der Waals surface area contributed by atoms with Gasteiger partial charge in [-0.1, -0.05) is 25.7 Å². The van der Waals surface area contributed by atoms with Crippen LogP contribution in [0.15, 0.2) is 0 Å². The Morgan fingerprint density at radius 2 is 1.71 bits per heavy atom. The van der Waals surface area contributed by atoms with E-state index in [0.29, 0.717) is 24.7 Å². The first-order valence-electron chi connectivity index (χ1n) is 6.99. The first-order valence-corrected chi connectivity index (χ1v) is 7.62. The van der Waals surface area contributed by atoms with E-state index in [4.69, 9.17) is 9.47 Å². The van der Waals surface area contributed by atoms with Crippen molar-refractivity contribution in [2.24, 2.45) is 5.41 Å². The average molecular weight is 260 g/mol. The van der Waals surface area contributed by atoms with Crippen molar-refractivity contribution in [1.29, 1.82) is 0 Å². The maximum Gasteiger partial charge on any atom is 0.0703 e. The highest BCUT2D eigenvalue weighted by atomic mass is 32.1. The quantitative estimate of drug-likeness (QED) is 0.427. The number of thiol groups is 1. The van der Waals surface area contributed by atoms with Crippen LogP contribution in [0.5, 0.6) is 0 Å². The van der Waals surface area contributed by atoms with E-state index in [1.807, 2.05) is 0 Å². The second-order valence-corrected chi connectivity index (χ2v) is 5.86. The van der Waals surface area contributed by atoms with Crippen LogP contribution >= 0.6 is 12.6 Å². The van der Waals surface area contributed by atoms with Crippen LogP contribution in [0.2, 0.25) is 0 Å². The van der Waals surface area contributed by atoms with Gasteiger partial charge in [-0.15, -0.1) is 0 Å². The van der Waals surface area contributed by atoms with Gasteiger partial charge in [0.15, 0.2) is 0 Å². The van der Waals surface area contributed by atoms with Crippen LogP contribution in [0.3, 0.4) is 0 Å². The Hall–Kier alpha value is 0.270. The molecule has 1 aliphatic rings.